The van der Waals surface area contributed by atoms with Crippen molar-refractivity contribution in [3.63, 3.8) is 0 Å². The summed E-state index contributed by atoms with van der Waals surface area (Å²) in [6, 6.07) is 0. The van der Waals surface area contributed by atoms with Crippen LogP contribution in [0.15, 0.2) is 12.2 Å². The first-order valence-corrected chi connectivity index (χ1v) is 9.18. The summed E-state index contributed by atoms with van der Waals surface area (Å²) < 4.78 is 9.94. The van der Waals surface area contributed by atoms with Crippen molar-refractivity contribution in [3.8, 4) is 0 Å². The largest absolute Gasteiger partial charge is 0.467 e. The summed E-state index contributed by atoms with van der Waals surface area (Å²) in [6.07, 6.45) is 19.8. The maximum atomic E-state index is 11.2. The molecule has 0 spiro atoms. The van der Waals surface area contributed by atoms with Crippen LogP contribution in [0.3, 0.4) is 0 Å². The van der Waals surface area contributed by atoms with E-state index in [4.69, 9.17) is 4.74 Å². The number of esters is 1. The first-order chi connectivity index (χ1) is 10.8. The van der Waals surface area contributed by atoms with Crippen LogP contribution in [0.25, 0.3) is 0 Å². The van der Waals surface area contributed by atoms with Crippen LogP contribution in [0.4, 0.5) is 0 Å². The van der Waals surface area contributed by atoms with E-state index in [2.05, 4.69) is 23.8 Å². The third-order valence-electron chi connectivity index (χ3n) is 4.27. The molecule has 2 unspecified atom stereocenters. The van der Waals surface area contributed by atoms with E-state index < -0.39 is 0 Å². The van der Waals surface area contributed by atoms with E-state index in [0.717, 1.165) is 12.8 Å². The van der Waals surface area contributed by atoms with Gasteiger partial charge in [0, 0.05) is 0 Å². The number of ether oxygens (including phenoxy) is 2. The molecule has 1 heterocycles. The lowest BCUT2D eigenvalue weighted by Crippen LogP contribution is -2.11. The van der Waals surface area contributed by atoms with E-state index in [1.54, 1.807) is 0 Å². The highest BCUT2D eigenvalue weighted by atomic mass is 16.6. The van der Waals surface area contributed by atoms with Gasteiger partial charge in [-0.05, 0) is 32.1 Å². The average molecular weight is 310 g/mol. The maximum absolute atomic E-state index is 11.2. The van der Waals surface area contributed by atoms with Crippen molar-refractivity contribution in [1.29, 1.82) is 0 Å². The molecule has 0 aromatic rings. The quantitative estimate of drug-likeness (QED) is 0.192. The van der Waals surface area contributed by atoms with E-state index in [1.807, 2.05) is 0 Å². The molecule has 2 atom stereocenters. The number of rotatable bonds is 14. The van der Waals surface area contributed by atoms with Crippen molar-refractivity contribution >= 4 is 5.97 Å². The van der Waals surface area contributed by atoms with Crippen LogP contribution < -0.4 is 0 Å². The fraction of sp³-hybridized carbons (Fsp3) is 0.842. The SMILES string of the molecule is CCCCCCCC/C=C\CCCCCC1OC1C(=O)OC. The van der Waals surface area contributed by atoms with Gasteiger partial charge in [0.2, 0.25) is 0 Å². The molecule has 0 saturated carbocycles. The molecule has 128 valence electrons. The molecule has 0 bridgehead atoms. The maximum Gasteiger partial charge on any atom is 0.337 e. The smallest absolute Gasteiger partial charge is 0.337 e. The fourth-order valence-corrected chi connectivity index (χ4v) is 2.75. The van der Waals surface area contributed by atoms with Gasteiger partial charge < -0.3 is 9.47 Å². The van der Waals surface area contributed by atoms with Crippen LogP contribution in [0.5, 0.6) is 0 Å². The molecule has 0 aromatic heterocycles. The molecule has 3 nitrogen and oxygen atoms in total. The Balaban J connectivity index is 1.78. The Morgan fingerprint density at radius 1 is 0.955 bits per heavy atom. The summed E-state index contributed by atoms with van der Waals surface area (Å²) in [5.74, 6) is -0.220. The minimum absolute atomic E-state index is 0.121. The fourth-order valence-electron chi connectivity index (χ4n) is 2.75. The Hall–Kier alpha value is -0.830. The predicted molar refractivity (Wildman–Crippen MR) is 90.9 cm³/mol. The lowest BCUT2D eigenvalue weighted by atomic mass is 10.1. The second-order valence-electron chi connectivity index (χ2n) is 6.28. The Labute approximate surface area is 136 Å². The van der Waals surface area contributed by atoms with E-state index in [0.29, 0.717) is 0 Å². The first kappa shape index (κ1) is 19.2. The van der Waals surface area contributed by atoms with E-state index in [9.17, 15) is 4.79 Å². The molecule has 1 fully saturated rings. The second-order valence-corrected chi connectivity index (χ2v) is 6.28. The van der Waals surface area contributed by atoms with Gasteiger partial charge in [0.05, 0.1) is 13.2 Å². The number of hydrogen-bond acceptors (Lipinski definition) is 3. The first-order valence-electron chi connectivity index (χ1n) is 9.18. The topological polar surface area (TPSA) is 38.8 Å². The van der Waals surface area contributed by atoms with Gasteiger partial charge >= 0.3 is 5.97 Å². The number of hydrogen-bond donors (Lipinski definition) is 0. The highest BCUT2D eigenvalue weighted by Crippen LogP contribution is 2.28. The standard InChI is InChI=1S/C19H34O3/c1-3-4-5-6-7-8-9-10-11-12-13-14-15-16-17-18(22-17)19(20)21-2/h10-11,17-18H,3-9,12-16H2,1-2H3/b11-10-. The highest BCUT2D eigenvalue weighted by Gasteiger charge is 2.45. The summed E-state index contributed by atoms with van der Waals surface area (Å²) >= 11 is 0. The van der Waals surface area contributed by atoms with Gasteiger partial charge in [0.25, 0.3) is 0 Å². The zero-order valence-corrected chi connectivity index (χ0v) is 14.5. The van der Waals surface area contributed by atoms with Crippen molar-refractivity contribution < 1.29 is 14.3 Å². The molecule has 0 radical (unpaired) electrons. The zero-order valence-electron chi connectivity index (χ0n) is 14.5. The zero-order chi connectivity index (χ0) is 16.0. The van der Waals surface area contributed by atoms with Crippen LogP contribution in [0.1, 0.15) is 84.0 Å². The molecule has 0 N–H and O–H groups in total. The molecule has 0 aliphatic carbocycles. The summed E-state index contributed by atoms with van der Waals surface area (Å²) in [6.45, 7) is 2.26. The summed E-state index contributed by atoms with van der Waals surface area (Å²) in [5.41, 5.74) is 0. The van der Waals surface area contributed by atoms with E-state index >= 15 is 0 Å². The Morgan fingerprint density at radius 2 is 1.55 bits per heavy atom. The van der Waals surface area contributed by atoms with Gasteiger partial charge in [0.15, 0.2) is 6.10 Å². The van der Waals surface area contributed by atoms with Crippen molar-refractivity contribution in [1.82, 2.24) is 0 Å². The van der Waals surface area contributed by atoms with Crippen molar-refractivity contribution in [3.05, 3.63) is 12.2 Å². The number of carbonyl (C=O) groups is 1. The molecule has 1 aliphatic heterocycles. The molecule has 22 heavy (non-hydrogen) atoms. The number of epoxide rings is 1. The van der Waals surface area contributed by atoms with Crippen molar-refractivity contribution in [2.75, 3.05) is 7.11 Å². The number of unbranched alkanes of at least 4 members (excludes halogenated alkanes) is 9. The van der Waals surface area contributed by atoms with Gasteiger partial charge in [-0.2, -0.15) is 0 Å². The Bertz CT molecular complexity index is 312. The van der Waals surface area contributed by atoms with Crippen molar-refractivity contribution in [2.45, 2.75) is 96.2 Å². The Kier molecular flexibility index (Phi) is 11.1. The van der Waals surface area contributed by atoms with Crippen LogP contribution in [0.2, 0.25) is 0 Å². The minimum atomic E-state index is -0.276. The molecule has 0 aromatic carbocycles. The molecule has 1 saturated heterocycles. The van der Waals surface area contributed by atoms with Crippen LogP contribution >= 0.6 is 0 Å². The summed E-state index contributed by atoms with van der Waals surface area (Å²) in [5, 5.41) is 0. The lowest BCUT2D eigenvalue weighted by molar-refractivity contribution is -0.142. The van der Waals surface area contributed by atoms with Crippen molar-refractivity contribution in [2.24, 2.45) is 0 Å². The van der Waals surface area contributed by atoms with E-state index in [1.165, 1.54) is 71.3 Å². The summed E-state index contributed by atoms with van der Waals surface area (Å²) in [7, 11) is 1.42. The molecule has 0 amide bonds. The summed E-state index contributed by atoms with van der Waals surface area (Å²) in [4.78, 5) is 11.2. The Morgan fingerprint density at radius 3 is 2.18 bits per heavy atom. The minimum Gasteiger partial charge on any atom is -0.467 e. The van der Waals surface area contributed by atoms with Crippen LogP contribution in [-0.2, 0) is 14.3 Å². The molecular weight excluding hydrogens is 276 g/mol. The van der Waals surface area contributed by atoms with Gasteiger partial charge in [-0.15, -0.1) is 0 Å². The molecule has 1 rings (SSSR count). The highest BCUT2D eigenvalue weighted by molar-refractivity contribution is 5.77. The van der Waals surface area contributed by atoms with Gasteiger partial charge in [-0.25, -0.2) is 4.79 Å². The number of methoxy groups -OCH3 is 1. The third kappa shape index (κ3) is 9.24. The molecule has 3 heteroatoms. The second kappa shape index (κ2) is 12.7. The van der Waals surface area contributed by atoms with Gasteiger partial charge in [-0.1, -0.05) is 64.0 Å². The molecular formula is C19H34O3. The van der Waals surface area contributed by atoms with Crippen LogP contribution in [-0.4, -0.2) is 25.3 Å². The van der Waals surface area contributed by atoms with Gasteiger partial charge in [-0.3, -0.25) is 0 Å². The predicted octanol–water partition coefficient (Wildman–Crippen LogP) is 5.18. The van der Waals surface area contributed by atoms with Gasteiger partial charge in [0.1, 0.15) is 0 Å². The monoisotopic (exact) mass is 310 g/mol. The lowest BCUT2D eigenvalue weighted by Gasteiger charge is -1.98. The molecule has 1 aliphatic rings. The average Bonchev–Trinajstić information content (AvgIpc) is 3.30. The number of allylic oxidation sites excluding steroid dienone is 2. The van der Waals surface area contributed by atoms with Crippen LogP contribution in [0, 0.1) is 0 Å². The van der Waals surface area contributed by atoms with E-state index in [-0.39, 0.29) is 18.2 Å². The third-order valence-corrected chi connectivity index (χ3v) is 4.27. The number of carbonyl (C=O) groups excluding carboxylic acids is 1. The normalized spacial score (nSPS) is 20.5.